The van der Waals surface area contributed by atoms with E-state index in [1.54, 1.807) is 0 Å². The number of morpholine rings is 1. The average molecular weight is 379 g/mol. The SMILES string of the molecule is O=C(O)c1sccc1S(=O)(=O)N1CCOC2(CCc3ccccc32)C1. The third-order valence-corrected chi connectivity index (χ3v) is 7.82. The van der Waals surface area contributed by atoms with Crippen molar-refractivity contribution in [2.45, 2.75) is 23.3 Å². The van der Waals surface area contributed by atoms with Crippen molar-refractivity contribution < 1.29 is 23.1 Å². The van der Waals surface area contributed by atoms with Crippen LogP contribution in [0.2, 0.25) is 0 Å². The Kier molecular flexibility index (Phi) is 3.95. The summed E-state index contributed by atoms with van der Waals surface area (Å²) in [5.74, 6) is -1.22. The van der Waals surface area contributed by atoms with Crippen molar-refractivity contribution in [2.75, 3.05) is 19.7 Å². The Hall–Kier alpha value is -1.74. The van der Waals surface area contributed by atoms with Gasteiger partial charge in [0.15, 0.2) is 0 Å². The summed E-state index contributed by atoms with van der Waals surface area (Å²) in [4.78, 5) is 11.1. The van der Waals surface area contributed by atoms with Crippen LogP contribution >= 0.6 is 11.3 Å². The van der Waals surface area contributed by atoms with Crippen LogP contribution in [0.5, 0.6) is 0 Å². The molecule has 1 saturated heterocycles. The molecule has 1 N–H and O–H groups in total. The van der Waals surface area contributed by atoms with Gasteiger partial charge in [0.05, 0.1) is 6.61 Å². The molecule has 1 aromatic heterocycles. The predicted molar refractivity (Wildman–Crippen MR) is 92.4 cm³/mol. The van der Waals surface area contributed by atoms with E-state index in [4.69, 9.17) is 4.74 Å². The second-order valence-electron chi connectivity index (χ2n) is 6.26. The van der Waals surface area contributed by atoms with Crippen LogP contribution < -0.4 is 0 Å². The van der Waals surface area contributed by atoms with Gasteiger partial charge in [0.1, 0.15) is 15.4 Å². The Bertz CT molecular complexity index is 932. The van der Waals surface area contributed by atoms with Crippen LogP contribution in [-0.2, 0) is 26.8 Å². The topological polar surface area (TPSA) is 83.9 Å². The lowest BCUT2D eigenvalue weighted by atomic mass is 9.94. The van der Waals surface area contributed by atoms with Crippen LogP contribution in [0.1, 0.15) is 27.2 Å². The first kappa shape index (κ1) is 16.7. The molecule has 1 aliphatic heterocycles. The summed E-state index contributed by atoms with van der Waals surface area (Å²) in [6, 6.07) is 9.31. The van der Waals surface area contributed by atoms with Gasteiger partial charge in [0.2, 0.25) is 10.0 Å². The van der Waals surface area contributed by atoms with Crippen molar-refractivity contribution in [1.82, 2.24) is 4.31 Å². The number of benzene rings is 1. The van der Waals surface area contributed by atoms with Gasteiger partial charge in [-0.2, -0.15) is 4.31 Å². The van der Waals surface area contributed by atoms with Crippen LogP contribution in [-0.4, -0.2) is 43.5 Å². The minimum Gasteiger partial charge on any atom is -0.477 e. The Balaban J connectivity index is 1.71. The molecule has 1 fully saturated rings. The van der Waals surface area contributed by atoms with Gasteiger partial charge in [-0.25, -0.2) is 13.2 Å². The molecule has 1 atom stereocenters. The maximum atomic E-state index is 13.0. The first-order valence-corrected chi connectivity index (χ1v) is 10.3. The maximum Gasteiger partial charge on any atom is 0.347 e. The highest BCUT2D eigenvalue weighted by Gasteiger charge is 2.46. The van der Waals surface area contributed by atoms with Crippen molar-refractivity contribution in [2.24, 2.45) is 0 Å². The number of fused-ring (bicyclic) bond motifs is 2. The van der Waals surface area contributed by atoms with Crippen LogP contribution in [0.25, 0.3) is 0 Å². The molecule has 1 unspecified atom stereocenters. The number of hydrogen-bond donors (Lipinski definition) is 1. The van der Waals surface area contributed by atoms with E-state index in [9.17, 15) is 18.3 Å². The minimum absolute atomic E-state index is 0.131. The second-order valence-corrected chi connectivity index (χ2v) is 9.08. The van der Waals surface area contributed by atoms with Crippen molar-refractivity contribution in [3.05, 3.63) is 51.7 Å². The quantitative estimate of drug-likeness (QED) is 0.885. The van der Waals surface area contributed by atoms with Gasteiger partial charge in [-0.3, -0.25) is 0 Å². The third kappa shape index (κ3) is 2.60. The van der Waals surface area contributed by atoms with Crippen LogP contribution in [0.4, 0.5) is 0 Å². The lowest BCUT2D eigenvalue weighted by Crippen LogP contribution is -2.51. The molecule has 2 aliphatic rings. The number of sulfonamides is 1. The van der Waals surface area contributed by atoms with Crippen LogP contribution in [0.3, 0.4) is 0 Å². The molecule has 1 aromatic carbocycles. The van der Waals surface area contributed by atoms with Gasteiger partial charge in [-0.05, 0) is 35.4 Å². The van der Waals surface area contributed by atoms with Gasteiger partial charge < -0.3 is 9.84 Å². The molecule has 132 valence electrons. The number of aromatic carboxylic acids is 1. The number of aryl methyl sites for hydroxylation is 1. The molecule has 0 bridgehead atoms. The highest BCUT2D eigenvalue weighted by molar-refractivity contribution is 7.89. The molecule has 0 radical (unpaired) electrons. The fourth-order valence-corrected chi connectivity index (χ4v) is 6.43. The van der Waals surface area contributed by atoms with Gasteiger partial charge in [-0.1, -0.05) is 24.3 Å². The van der Waals surface area contributed by atoms with Gasteiger partial charge in [0.25, 0.3) is 0 Å². The molecule has 2 aromatic rings. The fourth-order valence-electron chi connectivity index (χ4n) is 3.72. The largest absolute Gasteiger partial charge is 0.477 e. The molecule has 6 nitrogen and oxygen atoms in total. The molecule has 1 spiro atoms. The standard InChI is InChI=1S/C17H17NO5S2/c19-16(20)15-14(6-10-24-15)25(21,22)18-8-9-23-17(11-18)7-5-12-3-1-2-4-13(12)17/h1-4,6,10H,5,7-9,11H2,(H,19,20). The summed E-state index contributed by atoms with van der Waals surface area (Å²) in [5.41, 5.74) is 1.59. The van der Waals surface area contributed by atoms with Crippen molar-refractivity contribution in [3.63, 3.8) is 0 Å². The van der Waals surface area contributed by atoms with E-state index in [0.717, 1.165) is 29.7 Å². The lowest BCUT2D eigenvalue weighted by Gasteiger charge is -2.40. The van der Waals surface area contributed by atoms with E-state index < -0.39 is 21.6 Å². The van der Waals surface area contributed by atoms with Crippen molar-refractivity contribution in [1.29, 1.82) is 0 Å². The van der Waals surface area contributed by atoms with E-state index in [1.165, 1.54) is 21.3 Å². The summed E-state index contributed by atoms with van der Waals surface area (Å²) in [6.07, 6.45) is 1.58. The Morgan fingerprint density at radius 1 is 1.28 bits per heavy atom. The van der Waals surface area contributed by atoms with Gasteiger partial charge in [-0.15, -0.1) is 11.3 Å². The second kappa shape index (κ2) is 5.91. The Labute approximate surface area is 149 Å². The van der Waals surface area contributed by atoms with E-state index in [2.05, 4.69) is 0 Å². The molecule has 2 heterocycles. The summed E-state index contributed by atoms with van der Waals surface area (Å²) in [6.45, 7) is 0.725. The first-order chi connectivity index (χ1) is 11.9. The average Bonchev–Trinajstić information content (AvgIpc) is 3.22. The van der Waals surface area contributed by atoms with E-state index in [0.29, 0.717) is 6.61 Å². The minimum atomic E-state index is -3.88. The first-order valence-electron chi connectivity index (χ1n) is 7.97. The summed E-state index contributed by atoms with van der Waals surface area (Å²) in [7, 11) is -3.88. The molecule has 8 heteroatoms. The summed E-state index contributed by atoms with van der Waals surface area (Å²) >= 11 is 0.924. The fraction of sp³-hybridized carbons (Fsp3) is 0.353. The number of carbonyl (C=O) groups is 1. The van der Waals surface area contributed by atoms with Gasteiger partial charge in [0, 0.05) is 13.1 Å². The molecular formula is C17H17NO5S2. The van der Waals surface area contributed by atoms with E-state index in [-0.39, 0.29) is 22.9 Å². The summed E-state index contributed by atoms with van der Waals surface area (Å²) < 4.78 is 33.5. The molecule has 1 aliphatic carbocycles. The number of carboxylic acid groups (broad SMARTS) is 1. The molecule has 25 heavy (non-hydrogen) atoms. The Morgan fingerprint density at radius 3 is 2.88 bits per heavy atom. The van der Waals surface area contributed by atoms with E-state index >= 15 is 0 Å². The Morgan fingerprint density at radius 2 is 2.08 bits per heavy atom. The number of nitrogens with zero attached hydrogens (tertiary/aromatic N) is 1. The predicted octanol–water partition coefficient (Wildman–Crippen LogP) is 2.31. The van der Waals surface area contributed by atoms with E-state index in [1.807, 2.05) is 24.3 Å². The normalized spacial score (nSPS) is 23.7. The van der Waals surface area contributed by atoms with Gasteiger partial charge >= 0.3 is 5.97 Å². The van der Waals surface area contributed by atoms with Crippen LogP contribution in [0, 0.1) is 0 Å². The zero-order valence-corrected chi connectivity index (χ0v) is 15.0. The lowest BCUT2D eigenvalue weighted by molar-refractivity contribution is -0.0933. The number of carboxylic acids is 1. The number of ether oxygens (including phenoxy) is 1. The highest BCUT2D eigenvalue weighted by Crippen LogP contribution is 2.43. The number of hydrogen-bond acceptors (Lipinski definition) is 5. The third-order valence-electron chi connectivity index (χ3n) is 4.90. The van der Waals surface area contributed by atoms with Crippen LogP contribution in [0.15, 0.2) is 40.6 Å². The molecule has 4 rings (SSSR count). The maximum absolute atomic E-state index is 13.0. The smallest absolute Gasteiger partial charge is 0.347 e. The summed E-state index contributed by atoms with van der Waals surface area (Å²) in [5, 5.41) is 10.8. The molecule has 0 saturated carbocycles. The van der Waals surface area contributed by atoms with Crippen molar-refractivity contribution >= 4 is 27.3 Å². The monoisotopic (exact) mass is 379 g/mol. The van der Waals surface area contributed by atoms with Crippen molar-refractivity contribution in [3.8, 4) is 0 Å². The molecular weight excluding hydrogens is 362 g/mol. The zero-order valence-electron chi connectivity index (χ0n) is 13.3. The molecule has 0 amide bonds. The zero-order chi connectivity index (χ0) is 17.7. The number of rotatable bonds is 3. The highest BCUT2D eigenvalue weighted by atomic mass is 32.2. The number of thiophene rings is 1.